The molecular formula is C13H25NOS. The van der Waals surface area contributed by atoms with Gasteiger partial charge in [0.2, 0.25) is 0 Å². The minimum absolute atomic E-state index is 0.257. The highest BCUT2D eigenvalue weighted by molar-refractivity contribution is 7.99. The third-order valence-corrected chi connectivity index (χ3v) is 4.80. The summed E-state index contributed by atoms with van der Waals surface area (Å²) >= 11 is 2.09. The summed E-state index contributed by atoms with van der Waals surface area (Å²) in [7, 11) is 0. The number of ether oxygens (including phenoxy) is 1. The first-order valence-electron chi connectivity index (χ1n) is 6.65. The molecule has 0 bridgehead atoms. The summed E-state index contributed by atoms with van der Waals surface area (Å²) in [5.74, 6) is 3.42. The molecule has 3 heteroatoms. The maximum absolute atomic E-state index is 6.10. The van der Waals surface area contributed by atoms with Gasteiger partial charge in [0, 0.05) is 12.6 Å². The fourth-order valence-corrected chi connectivity index (χ4v) is 4.03. The molecule has 0 aromatic carbocycles. The summed E-state index contributed by atoms with van der Waals surface area (Å²) in [5, 5.41) is 3.58. The molecule has 1 spiro atoms. The minimum Gasteiger partial charge on any atom is -0.375 e. The molecule has 16 heavy (non-hydrogen) atoms. The van der Waals surface area contributed by atoms with E-state index in [0.29, 0.717) is 6.04 Å². The van der Waals surface area contributed by atoms with E-state index in [1.54, 1.807) is 0 Å². The maximum Gasteiger partial charge on any atom is 0.0701 e. The molecule has 1 unspecified atom stereocenters. The van der Waals surface area contributed by atoms with Crippen LogP contribution in [0, 0.1) is 5.92 Å². The van der Waals surface area contributed by atoms with Crippen molar-refractivity contribution in [3.8, 4) is 0 Å². The van der Waals surface area contributed by atoms with Crippen LogP contribution in [-0.2, 0) is 4.74 Å². The van der Waals surface area contributed by atoms with Crippen molar-refractivity contribution >= 4 is 11.8 Å². The lowest BCUT2D eigenvalue weighted by molar-refractivity contribution is -0.101. The molecule has 2 rings (SSSR count). The summed E-state index contributed by atoms with van der Waals surface area (Å²) < 4.78 is 6.10. The van der Waals surface area contributed by atoms with Gasteiger partial charge in [-0.3, -0.25) is 0 Å². The van der Waals surface area contributed by atoms with E-state index in [9.17, 15) is 0 Å². The Balaban J connectivity index is 1.83. The summed E-state index contributed by atoms with van der Waals surface area (Å²) in [4.78, 5) is 0. The normalized spacial score (nSPS) is 29.8. The van der Waals surface area contributed by atoms with Gasteiger partial charge in [-0.25, -0.2) is 0 Å². The molecule has 0 aromatic rings. The average molecular weight is 243 g/mol. The lowest BCUT2D eigenvalue weighted by Crippen LogP contribution is -2.45. The van der Waals surface area contributed by atoms with Crippen LogP contribution in [0.1, 0.15) is 39.5 Å². The third kappa shape index (κ3) is 3.38. The van der Waals surface area contributed by atoms with Gasteiger partial charge in [0.25, 0.3) is 0 Å². The molecule has 0 aliphatic carbocycles. The molecule has 2 aliphatic heterocycles. The zero-order valence-corrected chi connectivity index (χ0v) is 11.4. The zero-order valence-electron chi connectivity index (χ0n) is 10.6. The highest BCUT2D eigenvalue weighted by Crippen LogP contribution is 2.39. The van der Waals surface area contributed by atoms with Crippen LogP contribution in [0.5, 0.6) is 0 Å². The lowest BCUT2D eigenvalue weighted by Gasteiger charge is -2.43. The number of nitrogens with one attached hydrogen (secondary N) is 1. The smallest absolute Gasteiger partial charge is 0.0701 e. The number of hydrogen-bond donors (Lipinski definition) is 1. The Morgan fingerprint density at radius 3 is 2.81 bits per heavy atom. The predicted octanol–water partition coefficient (Wildman–Crippen LogP) is 2.68. The van der Waals surface area contributed by atoms with Crippen LogP contribution in [0.4, 0.5) is 0 Å². The molecule has 94 valence electrons. The van der Waals surface area contributed by atoms with Crippen molar-refractivity contribution in [3.05, 3.63) is 0 Å². The summed E-state index contributed by atoms with van der Waals surface area (Å²) in [5.41, 5.74) is 0.257. The van der Waals surface area contributed by atoms with Crippen LogP contribution in [0.2, 0.25) is 0 Å². The summed E-state index contributed by atoms with van der Waals surface area (Å²) in [6.45, 7) is 6.61. The van der Waals surface area contributed by atoms with Gasteiger partial charge in [0.1, 0.15) is 0 Å². The lowest BCUT2D eigenvalue weighted by atomic mass is 9.82. The molecular weight excluding hydrogens is 218 g/mol. The van der Waals surface area contributed by atoms with Crippen LogP contribution in [0.3, 0.4) is 0 Å². The van der Waals surface area contributed by atoms with Crippen LogP contribution < -0.4 is 5.32 Å². The predicted molar refractivity (Wildman–Crippen MR) is 71.1 cm³/mol. The zero-order chi connectivity index (χ0) is 11.4. The van der Waals surface area contributed by atoms with Crippen LogP contribution in [-0.4, -0.2) is 36.3 Å². The van der Waals surface area contributed by atoms with Gasteiger partial charge in [-0.05, 0) is 49.7 Å². The van der Waals surface area contributed by atoms with E-state index in [4.69, 9.17) is 4.74 Å². The number of hydrogen-bond acceptors (Lipinski definition) is 3. The van der Waals surface area contributed by atoms with Crippen LogP contribution in [0.15, 0.2) is 0 Å². The molecule has 0 amide bonds. The summed E-state index contributed by atoms with van der Waals surface area (Å²) in [6.07, 6.45) is 5.08. The Morgan fingerprint density at radius 2 is 2.12 bits per heavy atom. The Kier molecular flexibility index (Phi) is 4.57. The van der Waals surface area contributed by atoms with Gasteiger partial charge in [0.15, 0.2) is 0 Å². The van der Waals surface area contributed by atoms with Gasteiger partial charge in [-0.2, -0.15) is 11.8 Å². The molecule has 2 aliphatic rings. The Morgan fingerprint density at radius 1 is 1.38 bits per heavy atom. The molecule has 2 fully saturated rings. The van der Waals surface area contributed by atoms with Gasteiger partial charge < -0.3 is 10.1 Å². The molecule has 2 heterocycles. The van der Waals surface area contributed by atoms with E-state index in [1.807, 2.05) is 0 Å². The van der Waals surface area contributed by atoms with Crippen molar-refractivity contribution in [2.45, 2.75) is 51.2 Å². The quantitative estimate of drug-likeness (QED) is 0.823. The van der Waals surface area contributed by atoms with Crippen molar-refractivity contribution < 1.29 is 4.74 Å². The fourth-order valence-electron chi connectivity index (χ4n) is 2.80. The van der Waals surface area contributed by atoms with E-state index in [2.05, 4.69) is 30.9 Å². The van der Waals surface area contributed by atoms with E-state index in [0.717, 1.165) is 12.5 Å². The second-order valence-corrected chi connectivity index (χ2v) is 6.79. The van der Waals surface area contributed by atoms with E-state index in [-0.39, 0.29) is 5.60 Å². The second kappa shape index (κ2) is 5.74. The Bertz CT molecular complexity index is 208. The van der Waals surface area contributed by atoms with Crippen LogP contribution >= 0.6 is 11.8 Å². The topological polar surface area (TPSA) is 21.3 Å². The van der Waals surface area contributed by atoms with Crippen molar-refractivity contribution in [3.63, 3.8) is 0 Å². The number of rotatable bonds is 3. The summed E-state index contributed by atoms with van der Waals surface area (Å²) in [6, 6.07) is 0.612. The van der Waals surface area contributed by atoms with Crippen molar-refractivity contribution in [2.24, 2.45) is 5.92 Å². The molecule has 0 saturated carbocycles. The number of thioether (sulfide) groups is 1. The van der Waals surface area contributed by atoms with E-state index < -0.39 is 0 Å². The second-order valence-electron chi connectivity index (χ2n) is 5.57. The molecule has 1 atom stereocenters. The minimum atomic E-state index is 0.257. The van der Waals surface area contributed by atoms with Crippen molar-refractivity contribution in [1.29, 1.82) is 0 Å². The van der Waals surface area contributed by atoms with E-state index in [1.165, 1.54) is 43.7 Å². The van der Waals surface area contributed by atoms with Gasteiger partial charge >= 0.3 is 0 Å². The standard InChI is InChI=1S/C13H25NOS/c1-11(2)14-10-12-3-6-15-13(9-12)4-7-16-8-5-13/h11-12,14H,3-10H2,1-2H3. The molecule has 0 radical (unpaired) electrons. The Hall–Kier alpha value is 0.270. The first kappa shape index (κ1) is 12.7. The highest BCUT2D eigenvalue weighted by atomic mass is 32.2. The first-order chi connectivity index (χ1) is 7.70. The molecule has 0 aromatic heterocycles. The van der Waals surface area contributed by atoms with Crippen molar-refractivity contribution in [1.82, 2.24) is 5.32 Å². The average Bonchev–Trinajstić information content (AvgIpc) is 2.28. The molecule has 2 nitrogen and oxygen atoms in total. The van der Waals surface area contributed by atoms with E-state index >= 15 is 0 Å². The Labute approximate surface area is 104 Å². The first-order valence-corrected chi connectivity index (χ1v) is 7.81. The monoisotopic (exact) mass is 243 g/mol. The SMILES string of the molecule is CC(C)NCC1CCOC2(CCSCC2)C1. The van der Waals surface area contributed by atoms with Crippen LogP contribution in [0.25, 0.3) is 0 Å². The van der Waals surface area contributed by atoms with Gasteiger partial charge in [0.05, 0.1) is 5.60 Å². The van der Waals surface area contributed by atoms with Crippen molar-refractivity contribution in [2.75, 3.05) is 24.7 Å². The molecule has 2 saturated heterocycles. The third-order valence-electron chi connectivity index (χ3n) is 3.81. The largest absolute Gasteiger partial charge is 0.375 e. The highest BCUT2D eigenvalue weighted by Gasteiger charge is 2.38. The van der Waals surface area contributed by atoms with Gasteiger partial charge in [-0.1, -0.05) is 13.8 Å². The van der Waals surface area contributed by atoms with Gasteiger partial charge in [-0.15, -0.1) is 0 Å². The maximum atomic E-state index is 6.10. The molecule has 1 N–H and O–H groups in total. The fraction of sp³-hybridized carbons (Fsp3) is 1.00.